The first-order valence-corrected chi connectivity index (χ1v) is 6.62. The highest BCUT2D eigenvalue weighted by molar-refractivity contribution is 5.77. The number of hydrogen-bond donors (Lipinski definition) is 1. The quantitative estimate of drug-likeness (QED) is 0.725. The minimum atomic E-state index is -0.434. The Hall–Kier alpha value is -1.43. The largest absolute Gasteiger partial charge is 0.468 e. The van der Waals surface area contributed by atoms with E-state index in [1.807, 2.05) is 38.4 Å². The van der Waals surface area contributed by atoms with E-state index in [0.29, 0.717) is 13.2 Å². The summed E-state index contributed by atoms with van der Waals surface area (Å²) in [7, 11) is 7.05. The number of carbonyl (C=O) groups excluding carboxylic acids is 1. The van der Waals surface area contributed by atoms with Gasteiger partial charge in [-0.25, -0.2) is 4.79 Å². The second-order valence-electron chi connectivity index (χ2n) is 4.89. The van der Waals surface area contributed by atoms with Crippen molar-refractivity contribution >= 4 is 5.97 Å². The van der Waals surface area contributed by atoms with Crippen molar-refractivity contribution < 1.29 is 14.3 Å². The molecule has 1 N–H and O–H groups in total. The van der Waals surface area contributed by atoms with E-state index in [-0.39, 0.29) is 5.97 Å². The molecule has 112 valence electrons. The minimum Gasteiger partial charge on any atom is -0.468 e. The van der Waals surface area contributed by atoms with Crippen LogP contribution in [0.4, 0.5) is 0 Å². The van der Waals surface area contributed by atoms with Gasteiger partial charge in [0.05, 0.1) is 13.7 Å². The highest BCUT2D eigenvalue weighted by Gasteiger charge is 2.20. The Kier molecular flexibility index (Phi) is 7.22. The number of likely N-dealkylation sites (N-methyl/N-ethyl adjacent to an activating group) is 1. The number of ether oxygens (including phenoxy) is 2. The first-order chi connectivity index (χ1) is 9.58. The number of methoxy groups -OCH3 is 2. The van der Waals surface area contributed by atoms with E-state index < -0.39 is 6.04 Å². The maximum Gasteiger partial charge on any atom is 0.327 e. The zero-order chi connectivity index (χ0) is 15.0. The summed E-state index contributed by atoms with van der Waals surface area (Å²) in [5, 5.41) is 3.22. The zero-order valence-electron chi connectivity index (χ0n) is 12.7. The Bertz CT molecular complexity index is 404. The number of nitrogens with zero attached hydrogens (tertiary/aromatic N) is 1. The molecule has 0 heterocycles. The normalized spacial score (nSPS) is 12.4. The molecule has 0 aliphatic rings. The molecular formula is C15H24N2O3. The predicted octanol–water partition coefficient (Wildman–Crippen LogP) is 1.20. The first-order valence-electron chi connectivity index (χ1n) is 6.62. The monoisotopic (exact) mass is 280 g/mol. The van der Waals surface area contributed by atoms with Gasteiger partial charge in [0, 0.05) is 20.2 Å². The van der Waals surface area contributed by atoms with Gasteiger partial charge in [0.25, 0.3) is 0 Å². The SMILES string of the molecule is COCc1ccc(C(NCCN(C)C)C(=O)OC)cc1. The third-order valence-electron chi connectivity index (χ3n) is 2.97. The molecule has 0 amide bonds. The van der Waals surface area contributed by atoms with Crippen LogP contribution in [0.25, 0.3) is 0 Å². The molecule has 20 heavy (non-hydrogen) atoms. The van der Waals surface area contributed by atoms with Crippen LogP contribution < -0.4 is 5.32 Å². The van der Waals surface area contributed by atoms with E-state index in [1.54, 1.807) is 7.11 Å². The zero-order valence-corrected chi connectivity index (χ0v) is 12.7. The van der Waals surface area contributed by atoms with Crippen molar-refractivity contribution in [2.75, 3.05) is 41.4 Å². The van der Waals surface area contributed by atoms with Crippen LogP contribution in [0.3, 0.4) is 0 Å². The first kappa shape index (κ1) is 16.6. The van der Waals surface area contributed by atoms with Crippen LogP contribution in [-0.4, -0.2) is 52.3 Å². The Morgan fingerprint density at radius 2 is 1.90 bits per heavy atom. The molecule has 1 unspecified atom stereocenters. The van der Waals surface area contributed by atoms with Crippen molar-refractivity contribution in [3.8, 4) is 0 Å². The Morgan fingerprint density at radius 1 is 1.25 bits per heavy atom. The molecule has 1 rings (SSSR count). The molecule has 5 nitrogen and oxygen atoms in total. The topological polar surface area (TPSA) is 50.8 Å². The number of rotatable bonds is 8. The Balaban J connectivity index is 2.73. The average molecular weight is 280 g/mol. The van der Waals surface area contributed by atoms with Gasteiger partial charge in [0.1, 0.15) is 6.04 Å². The van der Waals surface area contributed by atoms with Gasteiger partial charge in [-0.05, 0) is 25.2 Å². The van der Waals surface area contributed by atoms with E-state index in [2.05, 4.69) is 10.2 Å². The molecule has 0 saturated heterocycles. The summed E-state index contributed by atoms with van der Waals surface area (Å²) in [6, 6.07) is 7.35. The number of carbonyl (C=O) groups is 1. The van der Waals surface area contributed by atoms with Gasteiger partial charge in [0.15, 0.2) is 0 Å². The standard InChI is InChI=1S/C15H24N2O3/c1-17(2)10-9-16-14(15(18)20-4)13-7-5-12(6-8-13)11-19-3/h5-8,14,16H,9-11H2,1-4H3. The molecule has 1 atom stereocenters. The average Bonchev–Trinajstić information content (AvgIpc) is 2.44. The second kappa shape index (κ2) is 8.68. The van der Waals surface area contributed by atoms with Gasteiger partial charge in [0.2, 0.25) is 0 Å². The molecule has 0 spiro atoms. The summed E-state index contributed by atoms with van der Waals surface area (Å²) in [6.07, 6.45) is 0. The Morgan fingerprint density at radius 3 is 2.40 bits per heavy atom. The van der Waals surface area contributed by atoms with Crippen LogP contribution in [-0.2, 0) is 20.9 Å². The van der Waals surface area contributed by atoms with E-state index in [9.17, 15) is 4.79 Å². The highest BCUT2D eigenvalue weighted by atomic mass is 16.5. The van der Waals surface area contributed by atoms with Gasteiger partial charge in [-0.2, -0.15) is 0 Å². The lowest BCUT2D eigenvalue weighted by atomic mass is 10.0. The predicted molar refractivity (Wildman–Crippen MR) is 78.5 cm³/mol. The fraction of sp³-hybridized carbons (Fsp3) is 0.533. The molecule has 0 radical (unpaired) electrons. The highest BCUT2D eigenvalue weighted by Crippen LogP contribution is 2.16. The lowest BCUT2D eigenvalue weighted by molar-refractivity contribution is -0.143. The van der Waals surface area contributed by atoms with Gasteiger partial charge >= 0.3 is 5.97 Å². The molecule has 5 heteroatoms. The summed E-state index contributed by atoms with van der Waals surface area (Å²) in [4.78, 5) is 13.9. The summed E-state index contributed by atoms with van der Waals surface area (Å²) in [5.41, 5.74) is 1.98. The number of esters is 1. The number of benzene rings is 1. The van der Waals surface area contributed by atoms with E-state index in [4.69, 9.17) is 9.47 Å². The molecule has 0 aromatic heterocycles. The van der Waals surface area contributed by atoms with E-state index >= 15 is 0 Å². The maximum atomic E-state index is 11.9. The number of hydrogen-bond acceptors (Lipinski definition) is 5. The molecule has 1 aromatic rings. The van der Waals surface area contributed by atoms with Gasteiger partial charge < -0.3 is 14.4 Å². The van der Waals surface area contributed by atoms with Crippen molar-refractivity contribution in [2.24, 2.45) is 0 Å². The summed E-state index contributed by atoms with van der Waals surface area (Å²) in [5.74, 6) is -0.275. The molecule has 0 fully saturated rings. The van der Waals surface area contributed by atoms with Crippen LogP contribution in [0.1, 0.15) is 17.2 Å². The fourth-order valence-corrected chi connectivity index (χ4v) is 1.86. The molecule has 0 aliphatic carbocycles. The smallest absolute Gasteiger partial charge is 0.327 e. The van der Waals surface area contributed by atoms with Crippen molar-refractivity contribution in [3.05, 3.63) is 35.4 Å². The molecular weight excluding hydrogens is 256 g/mol. The van der Waals surface area contributed by atoms with Gasteiger partial charge in [-0.1, -0.05) is 24.3 Å². The van der Waals surface area contributed by atoms with E-state index in [1.165, 1.54) is 7.11 Å². The van der Waals surface area contributed by atoms with Crippen LogP contribution in [0.5, 0.6) is 0 Å². The van der Waals surface area contributed by atoms with Crippen LogP contribution in [0.2, 0.25) is 0 Å². The number of nitrogens with one attached hydrogen (secondary N) is 1. The summed E-state index contributed by atoms with van der Waals surface area (Å²) < 4.78 is 9.94. The van der Waals surface area contributed by atoms with Crippen LogP contribution in [0.15, 0.2) is 24.3 Å². The minimum absolute atomic E-state index is 0.275. The van der Waals surface area contributed by atoms with Crippen molar-refractivity contribution in [1.29, 1.82) is 0 Å². The third-order valence-corrected chi connectivity index (χ3v) is 2.97. The molecule has 1 aromatic carbocycles. The second-order valence-corrected chi connectivity index (χ2v) is 4.89. The van der Waals surface area contributed by atoms with Crippen LogP contribution >= 0.6 is 0 Å². The lowest BCUT2D eigenvalue weighted by Gasteiger charge is -2.18. The van der Waals surface area contributed by atoms with Crippen molar-refractivity contribution in [3.63, 3.8) is 0 Å². The molecule has 0 bridgehead atoms. The summed E-state index contributed by atoms with van der Waals surface area (Å²) in [6.45, 7) is 2.14. The van der Waals surface area contributed by atoms with Crippen molar-refractivity contribution in [2.45, 2.75) is 12.6 Å². The molecule has 0 saturated carbocycles. The molecule has 0 aliphatic heterocycles. The van der Waals surface area contributed by atoms with E-state index in [0.717, 1.165) is 17.7 Å². The maximum absolute atomic E-state index is 11.9. The Labute approximate surface area is 120 Å². The third kappa shape index (κ3) is 5.28. The summed E-state index contributed by atoms with van der Waals surface area (Å²) >= 11 is 0. The van der Waals surface area contributed by atoms with Gasteiger partial charge in [-0.15, -0.1) is 0 Å². The lowest BCUT2D eigenvalue weighted by Crippen LogP contribution is -2.34. The van der Waals surface area contributed by atoms with Crippen LogP contribution in [0, 0.1) is 0 Å². The fourth-order valence-electron chi connectivity index (χ4n) is 1.86. The van der Waals surface area contributed by atoms with Gasteiger partial charge in [-0.3, -0.25) is 5.32 Å². The van der Waals surface area contributed by atoms with Crippen molar-refractivity contribution in [1.82, 2.24) is 10.2 Å².